The molecule has 0 aromatic carbocycles. The van der Waals surface area contributed by atoms with Crippen LogP contribution >= 0.6 is 0 Å². The lowest BCUT2D eigenvalue weighted by Gasteiger charge is -2.30. The molecule has 1 rings (SSSR count). The van der Waals surface area contributed by atoms with Crippen LogP contribution < -0.4 is 16.0 Å². The SMILES string of the molecule is CNC(=O)N[C@H]1CC[C@H](NC(=O)C(C)C)CC1. The molecule has 0 aromatic heterocycles. The molecule has 1 fully saturated rings. The molecular weight excluding hydrogens is 218 g/mol. The van der Waals surface area contributed by atoms with Crippen LogP contribution in [0.4, 0.5) is 4.79 Å². The van der Waals surface area contributed by atoms with Crippen LogP contribution in [0.1, 0.15) is 39.5 Å². The third-order valence-electron chi connectivity index (χ3n) is 3.16. The normalized spacial score (nSPS) is 24.2. The van der Waals surface area contributed by atoms with Gasteiger partial charge in [-0.25, -0.2) is 4.79 Å². The summed E-state index contributed by atoms with van der Waals surface area (Å²) >= 11 is 0. The maximum atomic E-state index is 11.5. The van der Waals surface area contributed by atoms with E-state index in [1.165, 1.54) is 0 Å². The number of urea groups is 1. The van der Waals surface area contributed by atoms with Crippen LogP contribution in [0.15, 0.2) is 0 Å². The molecule has 0 aliphatic heterocycles. The van der Waals surface area contributed by atoms with E-state index >= 15 is 0 Å². The van der Waals surface area contributed by atoms with Crippen molar-refractivity contribution in [1.29, 1.82) is 0 Å². The van der Waals surface area contributed by atoms with Crippen molar-refractivity contribution in [2.75, 3.05) is 7.05 Å². The molecule has 0 heterocycles. The Morgan fingerprint density at radius 1 is 1.00 bits per heavy atom. The van der Waals surface area contributed by atoms with Crippen LogP contribution in [-0.2, 0) is 4.79 Å². The molecule has 3 N–H and O–H groups in total. The number of nitrogens with one attached hydrogen (secondary N) is 3. The zero-order valence-corrected chi connectivity index (χ0v) is 10.9. The van der Waals surface area contributed by atoms with Crippen molar-refractivity contribution < 1.29 is 9.59 Å². The lowest BCUT2D eigenvalue weighted by Crippen LogP contribution is -2.46. The highest BCUT2D eigenvalue weighted by Crippen LogP contribution is 2.18. The summed E-state index contributed by atoms with van der Waals surface area (Å²) in [7, 11) is 1.61. The van der Waals surface area contributed by atoms with E-state index in [1.54, 1.807) is 7.05 Å². The average molecular weight is 241 g/mol. The summed E-state index contributed by atoms with van der Waals surface area (Å²) in [5.41, 5.74) is 0. The van der Waals surface area contributed by atoms with Crippen LogP contribution in [0.5, 0.6) is 0 Å². The molecule has 0 saturated heterocycles. The summed E-state index contributed by atoms with van der Waals surface area (Å²) in [6.45, 7) is 3.79. The summed E-state index contributed by atoms with van der Waals surface area (Å²) < 4.78 is 0. The van der Waals surface area contributed by atoms with Gasteiger partial charge in [0, 0.05) is 25.0 Å². The molecule has 17 heavy (non-hydrogen) atoms. The zero-order valence-electron chi connectivity index (χ0n) is 10.9. The number of carbonyl (C=O) groups is 2. The van der Waals surface area contributed by atoms with Gasteiger partial charge >= 0.3 is 6.03 Å². The van der Waals surface area contributed by atoms with Crippen LogP contribution in [-0.4, -0.2) is 31.1 Å². The van der Waals surface area contributed by atoms with E-state index in [1.807, 2.05) is 13.8 Å². The number of carbonyl (C=O) groups excluding carboxylic acids is 2. The predicted molar refractivity (Wildman–Crippen MR) is 66.6 cm³/mol. The Hall–Kier alpha value is -1.26. The first-order valence-electron chi connectivity index (χ1n) is 6.31. The monoisotopic (exact) mass is 241 g/mol. The van der Waals surface area contributed by atoms with Crippen molar-refractivity contribution >= 4 is 11.9 Å². The maximum Gasteiger partial charge on any atom is 0.314 e. The molecule has 5 nitrogen and oxygen atoms in total. The van der Waals surface area contributed by atoms with Gasteiger partial charge in [0.15, 0.2) is 0 Å². The van der Waals surface area contributed by atoms with Crippen molar-refractivity contribution in [3.63, 3.8) is 0 Å². The minimum atomic E-state index is -0.125. The van der Waals surface area contributed by atoms with Gasteiger partial charge in [0.25, 0.3) is 0 Å². The first-order chi connectivity index (χ1) is 8.02. The van der Waals surface area contributed by atoms with Crippen molar-refractivity contribution in [1.82, 2.24) is 16.0 Å². The van der Waals surface area contributed by atoms with Crippen molar-refractivity contribution in [3.8, 4) is 0 Å². The molecule has 0 spiro atoms. The van der Waals surface area contributed by atoms with Crippen molar-refractivity contribution in [3.05, 3.63) is 0 Å². The van der Waals surface area contributed by atoms with E-state index in [4.69, 9.17) is 0 Å². The number of hydrogen-bond donors (Lipinski definition) is 3. The summed E-state index contributed by atoms with van der Waals surface area (Å²) in [6, 6.07) is 0.384. The summed E-state index contributed by atoms with van der Waals surface area (Å²) in [4.78, 5) is 22.7. The highest BCUT2D eigenvalue weighted by atomic mass is 16.2. The van der Waals surface area contributed by atoms with Gasteiger partial charge in [-0.05, 0) is 25.7 Å². The largest absolute Gasteiger partial charge is 0.353 e. The van der Waals surface area contributed by atoms with Crippen LogP contribution in [0, 0.1) is 5.92 Å². The third-order valence-corrected chi connectivity index (χ3v) is 3.16. The molecule has 98 valence electrons. The molecule has 1 saturated carbocycles. The van der Waals surface area contributed by atoms with Crippen molar-refractivity contribution in [2.24, 2.45) is 5.92 Å². The number of amides is 3. The average Bonchev–Trinajstić information content (AvgIpc) is 2.31. The summed E-state index contributed by atoms with van der Waals surface area (Å²) in [6.07, 6.45) is 3.73. The number of hydrogen-bond acceptors (Lipinski definition) is 2. The van der Waals surface area contributed by atoms with E-state index < -0.39 is 0 Å². The minimum Gasteiger partial charge on any atom is -0.353 e. The minimum absolute atomic E-state index is 0.0386. The summed E-state index contributed by atoms with van der Waals surface area (Å²) in [5.74, 6) is 0.157. The lowest BCUT2D eigenvalue weighted by atomic mass is 9.91. The molecular formula is C12H23N3O2. The van der Waals surface area contributed by atoms with E-state index in [-0.39, 0.29) is 29.9 Å². The Labute approximate surface area is 103 Å². The Kier molecular flexibility index (Phi) is 5.25. The highest BCUT2D eigenvalue weighted by molar-refractivity contribution is 5.78. The fourth-order valence-corrected chi connectivity index (χ4v) is 2.01. The standard InChI is InChI=1S/C12H23N3O2/c1-8(2)11(16)14-9-4-6-10(7-5-9)15-12(17)13-3/h8-10H,4-7H2,1-3H3,(H,14,16)(H2,13,15,17)/t9-,10-. The van der Waals surface area contributed by atoms with E-state index in [9.17, 15) is 9.59 Å². The molecule has 0 unspecified atom stereocenters. The lowest BCUT2D eigenvalue weighted by molar-refractivity contribution is -0.124. The van der Waals surface area contributed by atoms with Crippen LogP contribution in [0.3, 0.4) is 0 Å². The topological polar surface area (TPSA) is 70.2 Å². The van der Waals surface area contributed by atoms with Gasteiger partial charge in [-0.1, -0.05) is 13.8 Å². The van der Waals surface area contributed by atoms with Gasteiger partial charge in [0.2, 0.25) is 5.91 Å². The Morgan fingerprint density at radius 2 is 1.47 bits per heavy atom. The quantitative estimate of drug-likeness (QED) is 0.690. The molecule has 3 amide bonds. The smallest absolute Gasteiger partial charge is 0.314 e. The van der Waals surface area contributed by atoms with Gasteiger partial charge < -0.3 is 16.0 Å². The molecule has 1 aliphatic rings. The fraction of sp³-hybridized carbons (Fsp3) is 0.833. The second kappa shape index (κ2) is 6.47. The first kappa shape index (κ1) is 13.8. The Bertz CT molecular complexity index is 271. The summed E-state index contributed by atoms with van der Waals surface area (Å²) in [5, 5.41) is 8.49. The number of rotatable bonds is 3. The Morgan fingerprint density at radius 3 is 1.88 bits per heavy atom. The molecule has 0 radical (unpaired) electrons. The second-order valence-electron chi connectivity index (χ2n) is 4.94. The van der Waals surface area contributed by atoms with Crippen molar-refractivity contribution in [2.45, 2.75) is 51.6 Å². The molecule has 5 heteroatoms. The van der Waals surface area contributed by atoms with Gasteiger partial charge in [-0.2, -0.15) is 0 Å². The first-order valence-corrected chi connectivity index (χ1v) is 6.31. The van der Waals surface area contributed by atoms with Gasteiger partial charge in [0.05, 0.1) is 0 Å². The van der Waals surface area contributed by atoms with Gasteiger partial charge in [-0.15, -0.1) is 0 Å². The third kappa shape index (κ3) is 4.63. The fourth-order valence-electron chi connectivity index (χ4n) is 2.01. The highest BCUT2D eigenvalue weighted by Gasteiger charge is 2.23. The molecule has 0 bridgehead atoms. The van der Waals surface area contributed by atoms with Gasteiger partial charge in [-0.3, -0.25) is 4.79 Å². The molecule has 1 aliphatic carbocycles. The van der Waals surface area contributed by atoms with Crippen LogP contribution in [0.2, 0.25) is 0 Å². The van der Waals surface area contributed by atoms with Gasteiger partial charge in [0.1, 0.15) is 0 Å². The Balaban J connectivity index is 2.26. The maximum absolute atomic E-state index is 11.5. The second-order valence-corrected chi connectivity index (χ2v) is 4.94. The van der Waals surface area contributed by atoms with Crippen LogP contribution in [0.25, 0.3) is 0 Å². The predicted octanol–water partition coefficient (Wildman–Crippen LogP) is 0.999. The molecule has 0 aromatic rings. The van der Waals surface area contributed by atoms with E-state index in [2.05, 4.69) is 16.0 Å². The molecule has 0 atom stereocenters. The van der Waals surface area contributed by atoms with E-state index in [0.717, 1.165) is 25.7 Å². The zero-order chi connectivity index (χ0) is 12.8. The van der Waals surface area contributed by atoms with E-state index in [0.29, 0.717) is 0 Å².